The molecule has 0 aromatic heterocycles. The average molecular weight is 335 g/mol. The van der Waals surface area contributed by atoms with Crippen LogP contribution >= 0.6 is 12.4 Å². The lowest BCUT2D eigenvalue weighted by Crippen LogP contribution is -2.43. The molecule has 2 unspecified atom stereocenters. The van der Waals surface area contributed by atoms with E-state index in [-0.39, 0.29) is 12.4 Å². The Balaban J connectivity index is 0.00000441. The molecule has 0 saturated carbocycles. The molecule has 0 bridgehead atoms. The van der Waals surface area contributed by atoms with Crippen LogP contribution in [0.25, 0.3) is 0 Å². The van der Waals surface area contributed by atoms with Crippen molar-refractivity contribution in [1.29, 1.82) is 0 Å². The molecule has 1 heterocycles. The lowest BCUT2D eigenvalue weighted by Gasteiger charge is -2.33. The molecule has 0 aliphatic carbocycles. The molecule has 0 aromatic carbocycles. The quantitative estimate of drug-likeness (QED) is 0.704. The Hall–Kier alpha value is -0.320. The number of nitrogens with one attached hydrogen (secondary N) is 1. The Kier molecular flexibility index (Phi) is 12.0. The van der Waals surface area contributed by atoms with Crippen LogP contribution in [-0.4, -0.2) is 50.2 Å². The van der Waals surface area contributed by atoms with Crippen molar-refractivity contribution in [3.8, 4) is 0 Å². The third kappa shape index (κ3) is 6.84. The summed E-state index contributed by atoms with van der Waals surface area (Å²) in [5.74, 6) is 1.41. The van der Waals surface area contributed by atoms with Gasteiger partial charge in [-0.25, -0.2) is 0 Å². The van der Waals surface area contributed by atoms with Gasteiger partial charge in [0.1, 0.15) is 0 Å². The van der Waals surface area contributed by atoms with E-state index in [9.17, 15) is 4.79 Å². The van der Waals surface area contributed by atoms with E-state index in [4.69, 9.17) is 4.74 Å². The number of hydrogen-bond donors (Lipinski definition) is 1. The Bertz CT molecular complexity index is 292. The van der Waals surface area contributed by atoms with Crippen LogP contribution in [0.5, 0.6) is 0 Å². The fourth-order valence-electron chi connectivity index (χ4n) is 3.35. The van der Waals surface area contributed by atoms with Gasteiger partial charge >= 0.3 is 0 Å². The molecule has 1 fully saturated rings. The summed E-state index contributed by atoms with van der Waals surface area (Å²) < 4.78 is 5.18. The van der Waals surface area contributed by atoms with E-state index in [0.717, 1.165) is 32.5 Å². The van der Waals surface area contributed by atoms with Gasteiger partial charge in [-0.05, 0) is 50.6 Å². The summed E-state index contributed by atoms with van der Waals surface area (Å²) in [6.45, 7) is 10.1. The number of piperidine rings is 1. The summed E-state index contributed by atoms with van der Waals surface area (Å²) in [4.78, 5) is 14.8. The molecule has 0 radical (unpaired) electrons. The number of rotatable bonds is 9. The topological polar surface area (TPSA) is 41.6 Å². The lowest BCUT2D eigenvalue weighted by molar-refractivity contribution is -0.135. The van der Waals surface area contributed by atoms with Gasteiger partial charge in [-0.15, -0.1) is 12.4 Å². The summed E-state index contributed by atoms with van der Waals surface area (Å²) >= 11 is 0. The molecule has 1 aliphatic heterocycles. The number of nitrogens with zero attached hydrogens (tertiary/aromatic N) is 1. The maximum absolute atomic E-state index is 12.7. The first-order chi connectivity index (χ1) is 10.1. The minimum absolute atomic E-state index is 0. The predicted molar refractivity (Wildman–Crippen MR) is 94.6 cm³/mol. The van der Waals surface area contributed by atoms with Gasteiger partial charge in [0.2, 0.25) is 5.91 Å². The summed E-state index contributed by atoms with van der Waals surface area (Å²) in [5, 5.41) is 3.45. The Morgan fingerprint density at radius 2 is 2.05 bits per heavy atom. The zero-order valence-corrected chi connectivity index (χ0v) is 15.6. The molecule has 2 atom stereocenters. The van der Waals surface area contributed by atoms with Crippen LogP contribution in [0.15, 0.2) is 0 Å². The van der Waals surface area contributed by atoms with Gasteiger partial charge in [0.05, 0.1) is 6.61 Å². The van der Waals surface area contributed by atoms with Crippen molar-refractivity contribution in [2.45, 2.75) is 58.9 Å². The molecule has 22 heavy (non-hydrogen) atoms. The van der Waals surface area contributed by atoms with Gasteiger partial charge in [0.25, 0.3) is 0 Å². The summed E-state index contributed by atoms with van der Waals surface area (Å²) in [5.41, 5.74) is 0. The predicted octanol–water partition coefficient (Wildman–Crippen LogP) is 3.10. The maximum Gasteiger partial charge on any atom is 0.223 e. The smallest absolute Gasteiger partial charge is 0.223 e. The molecule has 1 amide bonds. The van der Waals surface area contributed by atoms with Crippen LogP contribution in [-0.2, 0) is 9.53 Å². The van der Waals surface area contributed by atoms with Gasteiger partial charge in [0.15, 0.2) is 0 Å². The van der Waals surface area contributed by atoms with Gasteiger partial charge in [0, 0.05) is 26.1 Å². The highest BCUT2D eigenvalue weighted by Crippen LogP contribution is 2.24. The van der Waals surface area contributed by atoms with Gasteiger partial charge < -0.3 is 15.0 Å². The SMILES string of the molecule is CCC(CC)N(CCOC)C(=O)CC(C)C1CCCNC1.Cl. The van der Waals surface area contributed by atoms with Gasteiger partial charge in [-0.3, -0.25) is 4.79 Å². The number of amides is 1. The molecule has 0 spiro atoms. The minimum atomic E-state index is 0. The standard InChI is InChI=1S/C17H34N2O2.ClH/c1-5-16(6-2)19(10-11-21-4)17(20)12-14(3)15-8-7-9-18-13-15;/h14-16,18H,5-13H2,1-4H3;1H. The second kappa shape index (κ2) is 12.1. The number of carbonyl (C=O) groups is 1. The van der Waals surface area contributed by atoms with Crippen LogP contribution in [0, 0.1) is 11.8 Å². The molecule has 5 heteroatoms. The fraction of sp³-hybridized carbons (Fsp3) is 0.941. The summed E-state index contributed by atoms with van der Waals surface area (Å²) in [7, 11) is 1.70. The highest BCUT2D eigenvalue weighted by molar-refractivity contribution is 5.85. The largest absolute Gasteiger partial charge is 0.383 e. The molecule has 132 valence electrons. The summed E-state index contributed by atoms with van der Waals surface area (Å²) in [6, 6.07) is 0.351. The first kappa shape index (κ1) is 21.7. The second-order valence-corrected chi connectivity index (χ2v) is 6.34. The second-order valence-electron chi connectivity index (χ2n) is 6.34. The molecule has 1 aliphatic rings. The number of carbonyl (C=O) groups excluding carboxylic acids is 1. The average Bonchev–Trinajstić information content (AvgIpc) is 2.52. The molecular weight excluding hydrogens is 300 g/mol. The number of hydrogen-bond acceptors (Lipinski definition) is 3. The van der Waals surface area contributed by atoms with E-state index in [1.54, 1.807) is 7.11 Å². The summed E-state index contributed by atoms with van der Waals surface area (Å²) in [6.07, 6.45) is 5.21. The number of halogens is 1. The number of methoxy groups -OCH3 is 1. The van der Waals surface area contributed by atoms with Crippen LogP contribution in [0.3, 0.4) is 0 Å². The van der Waals surface area contributed by atoms with Gasteiger partial charge in [-0.2, -0.15) is 0 Å². The number of ether oxygens (including phenoxy) is 1. The monoisotopic (exact) mass is 334 g/mol. The van der Waals surface area contributed by atoms with Crippen molar-refractivity contribution in [1.82, 2.24) is 10.2 Å². The van der Waals surface area contributed by atoms with Crippen LogP contribution in [0.2, 0.25) is 0 Å². The molecular formula is C17H35ClN2O2. The van der Waals surface area contributed by atoms with E-state index in [2.05, 4.69) is 31.0 Å². The first-order valence-corrected chi connectivity index (χ1v) is 8.63. The van der Waals surface area contributed by atoms with Crippen LogP contribution < -0.4 is 5.32 Å². The van der Waals surface area contributed by atoms with E-state index in [1.165, 1.54) is 12.8 Å². The lowest BCUT2D eigenvalue weighted by atomic mass is 9.85. The van der Waals surface area contributed by atoms with E-state index >= 15 is 0 Å². The zero-order chi connectivity index (χ0) is 15.7. The molecule has 1 rings (SSSR count). The van der Waals surface area contributed by atoms with Gasteiger partial charge in [-0.1, -0.05) is 20.8 Å². The zero-order valence-electron chi connectivity index (χ0n) is 14.8. The molecule has 1 N–H and O–H groups in total. The van der Waals surface area contributed by atoms with Crippen LogP contribution in [0.4, 0.5) is 0 Å². The van der Waals surface area contributed by atoms with Crippen LogP contribution in [0.1, 0.15) is 52.9 Å². The third-order valence-corrected chi connectivity index (χ3v) is 4.88. The van der Waals surface area contributed by atoms with Crippen molar-refractivity contribution in [2.24, 2.45) is 11.8 Å². The fourth-order valence-corrected chi connectivity index (χ4v) is 3.35. The normalized spacial score (nSPS) is 19.6. The van der Waals surface area contributed by atoms with E-state index in [0.29, 0.717) is 36.8 Å². The minimum Gasteiger partial charge on any atom is -0.383 e. The Morgan fingerprint density at radius 3 is 2.55 bits per heavy atom. The first-order valence-electron chi connectivity index (χ1n) is 8.63. The highest BCUT2D eigenvalue weighted by atomic mass is 35.5. The van der Waals surface area contributed by atoms with Crippen molar-refractivity contribution >= 4 is 18.3 Å². The molecule has 1 saturated heterocycles. The maximum atomic E-state index is 12.7. The van der Waals surface area contributed by atoms with Crippen molar-refractivity contribution < 1.29 is 9.53 Å². The van der Waals surface area contributed by atoms with Crippen molar-refractivity contribution in [3.05, 3.63) is 0 Å². The molecule has 4 nitrogen and oxygen atoms in total. The van der Waals surface area contributed by atoms with Crippen molar-refractivity contribution in [2.75, 3.05) is 33.4 Å². The van der Waals surface area contributed by atoms with E-state index in [1.807, 2.05) is 0 Å². The van der Waals surface area contributed by atoms with Crippen molar-refractivity contribution in [3.63, 3.8) is 0 Å². The Labute approximate surface area is 142 Å². The molecule has 0 aromatic rings. The Morgan fingerprint density at radius 1 is 1.36 bits per heavy atom. The van der Waals surface area contributed by atoms with E-state index < -0.39 is 0 Å². The third-order valence-electron chi connectivity index (χ3n) is 4.88. The highest BCUT2D eigenvalue weighted by Gasteiger charge is 2.26.